The first-order valence-electron chi connectivity index (χ1n) is 13.6. The van der Waals surface area contributed by atoms with Gasteiger partial charge in [-0.15, -0.1) is 0 Å². The predicted octanol–water partition coefficient (Wildman–Crippen LogP) is 10.5. The normalized spacial score (nSPS) is 11.8. The highest BCUT2D eigenvalue weighted by molar-refractivity contribution is 6.23. The zero-order valence-corrected chi connectivity index (χ0v) is 22.1. The Bertz CT molecular complexity index is 2180. The summed E-state index contributed by atoms with van der Waals surface area (Å²) in [6, 6.07) is 46.7. The second kappa shape index (κ2) is 8.31. The van der Waals surface area contributed by atoms with Gasteiger partial charge in [0, 0.05) is 21.5 Å². The molecule has 39 heavy (non-hydrogen) atoms. The highest BCUT2D eigenvalue weighted by Gasteiger charge is 2.17. The molecule has 2 aromatic heterocycles. The van der Waals surface area contributed by atoms with E-state index in [0.717, 1.165) is 0 Å². The lowest BCUT2D eigenvalue weighted by Crippen LogP contribution is -1.90. The number of aromatic nitrogens is 1. The molecule has 0 aliphatic rings. The van der Waals surface area contributed by atoms with E-state index in [-0.39, 0.29) is 0 Å². The fourth-order valence-electron chi connectivity index (χ4n) is 6.53. The monoisotopic (exact) mass is 497 g/mol. The van der Waals surface area contributed by atoms with Gasteiger partial charge >= 0.3 is 0 Å². The third-order valence-electron chi connectivity index (χ3n) is 8.41. The van der Waals surface area contributed by atoms with Crippen LogP contribution in [0, 0.1) is 13.8 Å². The number of aryl methyl sites for hydroxylation is 2. The van der Waals surface area contributed by atoms with Gasteiger partial charge in [0.05, 0.1) is 16.6 Å². The number of rotatable bonds is 3. The Morgan fingerprint density at radius 1 is 0.385 bits per heavy atom. The SMILES string of the molecule is Cc1cc(-c2ccccc2)ccc1-c1ccc(-c2ccc3c(c2)c2cccc4c5ccccc5n3c42)cc1C. The van der Waals surface area contributed by atoms with E-state index in [1.165, 1.54) is 82.6 Å². The van der Waals surface area contributed by atoms with Crippen molar-refractivity contribution in [2.24, 2.45) is 0 Å². The highest BCUT2D eigenvalue weighted by Crippen LogP contribution is 2.40. The van der Waals surface area contributed by atoms with E-state index in [4.69, 9.17) is 0 Å². The van der Waals surface area contributed by atoms with Crippen LogP contribution in [0.5, 0.6) is 0 Å². The average molecular weight is 498 g/mol. The van der Waals surface area contributed by atoms with Crippen molar-refractivity contribution in [1.29, 1.82) is 0 Å². The van der Waals surface area contributed by atoms with Crippen molar-refractivity contribution in [3.05, 3.63) is 139 Å². The summed E-state index contributed by atoms with van der Waals surface area (Å²) in [6.45, 7) is 4.45. The predicted molar refractivity (Wildman–Crippen MR) is 167 cm³/mol. The first-order chi connectivity index (χ1) is 19.2. The van der Waals surface area contributed by atoms with Crippen LogP contribution in [0.25, 0.3) is 71.5 Å². The first-order valence-corrected chi connectivity index (χ1v) is 13.6. The molecule has 184 valence electrons. The van der Waals surface area contributed by atoms with Crippen LogP contribution in [0.2, 0.25) is 0 Å². The number of hydrogen-bond donors (Lipinski definition) is 0. The molecule has 0 N–H and O–H groups in total. The van der Waals surface area contributed by atoms with Gasteiger partial charge in [0.25, 0.3) is 0 Å². The van der Waals surface area contributed by atoms with Crippen molar-refractivity contribution < 1.29 is 0 Å². The van der Waals surface area contributed by atoms with Gasteiger partial charge < -0.3 is 4.40 Å². The number of hydrogen-bond acceptors (Lipinski definition) is 0. The smallest absolute Gasteiger partial charge is 0.0620 e. The number of benzene rings is 6. The Kier molecular flexibility index (Phi) is 4.72. The van der Waals surface area contributed by atoms with Crippen LogP contribution in [0.15, 0.2) is 127 Å². The molecule has 0 saturated heterocycles. The van der Waals surface area contributed by atoms with Crippen molar-refractivity contribution in [1.82, 2.24) is 4.40 Å². The standard InChI is InChI=1S/C38H27N/c1-24-21-27(26-9-4-3-5-10-26)15-18-30(24)31-19-16-28(22-25(31)2)29-17-20-37-35(23-29)34-13-8-12-33-32-11-6-7-14-36(32)39(37)38(33)34/h3-23H,1-2H3. The second-order valence-electron chi connectivity index (χ2n) is 10.7. The van der Waals surface area contributed by atoms with Crippen LogP contribution < -0.4 is 0 Å². The van der Waals surface area contributed by atoms with Crippen LogP contribution in [0.3, 0.4) is 0 Å². The van der Waals surface area contributed by atoms with Crippen molar-refractivity contribution in [2.45, 2.75) is 13.8 Å². The van der Waals surface area contributed by atoms with E-state index in [1.807, 2.05) is 0 Å². The van der Waals surface area contributed by atoms with E-state index in [0.29, 0.717) is 0 Å². The molecule has 8 rings (SSSR count). The zero-order chi connectivity index (χ0) is 26.1. The van der Waals surface area contributed by atoms with Gasteiger partial charge in [-0.05, 0) is 76.6 Å². The van der Waals surface area contributed by atoms with Crippen LogP contribution >= 0.6 is 0 Å². The highest BCUT2D eigenvalue weighted by atomic mass is 14.9. The Hall–Kier alpha value is -4.88. The maximum atomic E-state index is 2.44. The molecule has 0 radical (unpaired) electrons. The molecule has 0 unspecified atom stereocenters. The summed E-state index contributed by atoms with van der Waals surface area (Å²) in [4.78, 5) is 0. The molecule has 0 aliphatic heterocycles. The molecular weight excluding hydrogens is 470 g/mol. The third-order valence-corrected chi connectivity index (χ3v) is 8.41. The second-order valence-corrected chi connectivity index (χ2v) is 10.7. The molecule has 6 aromatic carbocycles. The van der Waals surface area contributed by atoms with Crippen LogP contribution in [-0.4, -0.2) is 4.40 Å². The fraction of sp³-hybridized carbons (Fsp3) is 0.0526. The summed E-state index contributed by atoms with van der Waals surface area (Å²) in [5.74, 6) is 0. The summed E-state index contributed by atoms with van der Waals surface area (Å²) in [6.07, 6.45) is 0. The number of para-hydroxylation sites is 2. The van der Waals surface area contributed by atoms with Crippen LogP contribution in [0.1, 0.15) is 11.1 Å². The lowest BCUT2D eigenvalue weighted by Gasteiger charge is -2.13. The van der Waals surface area contributed by atoms with Crippen molar-refractivity contribution in [3.63, 3.8) is 0 Å². The first kappa shape index (κ1) is 22.1. The average Bonchev–Trinajstić information content (AvgIpc) is 3.50. The Morgan fingerprint density at radius 3 is 1.64 bits per heavy atom. The summed E-state index contributed by atoms with van der Waals surface area (Å²) < 4.78 is 2.44. The number of nitrogens with zero attached hydrogens (tertiary/aromatic N) is 1. The van der Waals surface area contributed by atoms with E-state index >= 15 is 0 Å². The Balaban J connectivity index is 1.23. The minimum atomic E-state index is 1.26. The van der Waals surface area contributed by atoms with E-state index < -0.39 is 0 Å². The van der Waals surface area contributed by atoms with Gasteiger partial charge in [0.1, 0.15) is 0 Å². The summed E-state index contributed by atoms with van der Waals surface area (Å²) >= 11 is 0. The summed E-state index contributed by atoms with van der Waals surface area (Å²) in [7, 11) is 0. The third kappa shape index (κ3) is 3.26. The van der Waals surface area contributed by atoms with Gasteiger partial charge in [-0.1, -0.05) is 109 Å². The molecule has 0 bridgehead atoms. The molecule has 0 aliphatic carbocycles. The summed E-state index contributed by atoms with van der Waals surface area (Å²) in [5.41, 5.74) is 14.1. The van der Waals surface area contributed by atoms with Gasteiger partial charge in [-0.2, -0.15) is 0 Å². The van der Waals surface area contributed by atoms with Gasteiger partial charge in [-0.3, -0.25) is 0 Å². The lowest BCUT2D eigenvalue weighted by atomic mass is 9.91. The van der Waals surface area contributed by atoms with Gasteiger partial charge in [0.2, 0.25) is 0 Å². The minimum Gasteiger partial charge on any atom is -0.308 e. The lowest BCUT2D eigenvalue weighted by molar-refractivity contribution is 1.37. The molecule has 2 heterocycles. The largest absolute Gasteiger partial charge is 0.308 e. The maximum Gasteiger partial charge on any atom is 0.0620 e. The minimum absolute atomic E-state index is 1.26. The Morgan fingerprint density at radius 2 is 0.923 bits per heavy atom. The topological polar surface area (TPSA) is 4.41 Å². The fourth-order valence-corrected chi connectivity index (χ4v) is 6.53. The number of fused-ring (bicyclic) bond motifs is 6. The molecule has 0 fully saturated rings. The van der Waals surface area contributed by atoms with Crippen LogP contribution in [0.4, 0.5) is 0 Å². The maximum absolute atomic E-state index is 2.44. The van der Waals surface area contributed by atoms with Gasteiger partial charge in [-0.25, -0.2) is 0 Å². The van der Waals surface area contributed by atoms with E-state index in [2.05, 4.69) is 146 Å². The summed E-state index contributed by atoms with van der Waals surface area (Å²) in [5, 5.41) is 5.29. The molecule has 0 saturated carbocycles. The molecular formula is C38H27N. The van der Waals surface area contributed by atoms with E-state index in [1.54, 1.807) is 0 Å². The van der Waals surface area contributed by atoms with Crippen molar-refractivity contribution in [3.8, 4) is 33.4 Å². The molecule has 0 spiro atoms. The van der Waals surface area contributed by atoms with E-state index in [9.17, 15) is 0 Å². The van der Waals surface area contributed by atoms with Crippen molar-refractivity contribution >= 4 is 38.1 Å². The van der Waals surface area contributed by atoms with Crippen molar-refractivity contribution in [2.75, 3.05) is 0 Å². The quantitative estimate of drug-likeness (QED) is 0.229. The van der Waals surface area contributed by atoms with Crippen LogP contribution in [-0.2, 0) is 0 Å². The molecule has 8 aromatic rings. The molecule has 0 amide bonds. The zero-order valence-electron chi connectivity index (χ0n) is 22.1. The molecule has 0 atom stereocenters. The van der Waals surface area contributed by atoms with Gasteiger partial charge in [0.15, 0.2) is 0 Å². The molecule has 1 nitrogen and oxygen atoms in total. The molecule has 1 heteroatoms. The Labute approximate surface area is 227 Å².